The molecule has 30 heavy (non-hydrogen) atoms. The van der Waals surface area contributed by atoms with Gasteiger partial charge in [0.1, 0.15) is 5.75 Å². The van der Waals surface area contributed by atoms with E-state index in [1.165, 1.54) is 43.2 Å². The minimum absolute atomic E-state index is 0.324. The minimum Gasteiger partial charge on any atom is -0.423 e. The van der Waals surface area contributed by atoms with Crippen molar-refractivity contribution in [3.8, 4) is 16.9 Å². The Morgan fingerprint density at radius 1 is 0.633 bits per heavy atom. The molecule has 0 N–H and O–H groups in total. The van der Waals surface area contributed by atoms with Gasteiger partial charge in [-0.2, -0.15) is 0 Å². The zero-order valence-corrected chi connectivity index (χ0v) is 18.2. The molecule has 0 saturated heterocycles. The van der Waals surface area contributed by atoms with Crippen LogP contribution in [0.5, 0.6) is 5.75 Å². The Labute approximate surface area is 180 Å². The van der Waals surface area contributed by atoms with Gasteiger partial charge in [-0.3, -0.25) is 0 Å². The van der Waals surface area contributed by atoms with E-state index in [1.807, 2.05) is 48.5 Å². The number of hydrogen-bond donors (Lipinski definition) is 0. The number of ether oxygens (including phenoxy) is 1. The summed E-state index contributed by atoms with van der Waals surface area (Å²) in [4.78, 5) is 12.5. The van der Waals surface area contributed by atoms with Crippen LogP contribution >= 0.6 is 0 Å². The third-order valence-corrected chi connectivity index (χ3v) is 5.43. The third kappa shape index (κ3) is 6.32. The monoisotopic (exact) mass is 400 g/mol. The van der Waals surface area contributed by atoms with Gasteiger partial charge >= 0.3 is 5.97 Å². The van der Waals surface area contributed by atoms with Gasteiger partial charge in [-0.1, -0.05) is 81.6 Å². The van der Waals surface area contributed by atoms with Crippen LogP contribution in [0.3, 0.4) is 0 Å². The number of hydrogen-bond acceptors (Lipinski definition) is 2. The van der Waals surface area contributed by atoms with Crippen molar-refractivity contribution in [3.05, 3.63) is 89.5 Å². The van der Waals surface area contributed by atoms with E-state index in [1.54, 1.807) is 0 Å². The van der Waals surface area contributed by atoms with Gasteiger partial charge in [-0.25, -0.2) is 4.79 Å². The lowest BCUT2D eigenvalue weighted by Gasteiger charge is -2.08. The highest BCUT2D eigenvalue weighted by Gasteiger charge is 2.09. The van der Waals surface area contributed by atoms with Crippen LogP contribution in [-0.4, -0.2) is 5.97 Å². The molecule has 0 aliphatic rings. The molecule has 0 aliphatic heterocycles. The molecule has 3 aromatic rings. The number of aryl methyl sites for hydroxylation is 2. The lowest BCUT2D eigenvalue weighted by molar-refractivity contribution is 0.0734. The molecule has 0 unspecified atom stereocenters. The Balaban J connectivity index is 1.58. The van der Waals surface area contributed by atoms with Crippen molar-refractivity contribution in [1.29, 1.82) is 0 Å². The first-order chi connectivity index (χ1) is 14.7. The fourth-order valence-electron chi connectivity index (χ4n) is 3.51. The van der Waals surface area contributed by atoms with E-state index in [9.17, 15) is 4.79 Å². The number of carbonyl (C=O) groups excluding carboxylic acids is 1. The first kappa shape index (κ1) is 21.8. The summed E-state index contributed by atoms with van der Waals surface area (Å²) in [6.07, 6.45) is 8.29. The first-order valence-electron chi connectivity index (χ1n) is 11.2. The van der Waals surface area contributed by atoms with Crippen LogP contribution in [0.25, 0.3) is 11.1 Å². The Morgan fingerprint density at radius 2 is 1.13 bits per heavy atom. The zero-order valence-electron chi connectivity index (χ0n) is 18.2. The Bertz CT molecular complexity index is 906. The predicted octanol–water partition coefficient (Wildman–Crippen LogP) is 7.65. The van der Waals surface area contributed by atoms with Crippen LogP contribution in [0.4, 0.5) is 0 Å². The van der Waals surface area contributed by atoms with E-state index in [0.29, 0.717) is 11.3 Å². The average molecular weight is 401 g/mol. The molecule has 156 valence electrons. The van der Waals surface area contributed by atoms with Crippen molar-refractivity contribution in [1.82, 2.24) is 0 Å². The SMILES string of the molecule is CCCCCc1ccc(OC(=O)c2ccc(-c3ccc(CCCC)cc3)cc2)cc1. The third-order valence-electron chi connectivity index (χ3n) is 5.43. The molecule has 0 atom stereocenters. The molecule has 0 saturated carbocycles. The maximum absolute atomic E-state index is 12.5. The molecule has 0 spiro atoms. The maximum atomic E-state index is 12.5. The molecule has 0 heterocycles. The largest absolute Gasteiger partial charge is 0.423 e. The van der Waals surface area contributed by atoms with E-state index < -0.39 is 0 Å². The molecule has 0 bridgehead atoms. The number of carbonyl (C=O) groups is 1. The Hall–Kier alpha value is -2.87. The molecule has 0 fully saturated rings. The van der Waals surface area contributed by atoms with Crippen LogP contribution in [0, 0.1) is 0 Å². The second-order valence-electron chi connectivity index (χ2n) is 7.87. The van der Waals surface area contributed by atoms with E-state index in [4.69, 9.17) is 4.74 Å². The molecule has 0 aliphatic carbocycles. The molecule has 2 heteroatoms. The number of rotatable bonds is 10. The van der Waals surface area contributed by atoms with Gasteiger partial charge in [0.2, 0.25) is 0 Å². The van der Waals surface area contributed by atoms with Gasteiger partial charge in [0, 0.05) is 0 Å². The van der Waals surface area contributed by atoms with Gasteiger partial charge in [0.15, 0.2) is 0 Å². The van der Waals surface area contributed by atoms with Gasteiger partial charge in [0.25, 0.3) is 0 Å². The number of unbranched alkanes of at least 4 members (excludes halogenated alkanes) is 3. The van der Waals surface area contributed by atoms with Gasteiger partial charge in [-0.05, 0) is 72.2 Å². The molecule has 0 amide bonds. The number of benzene rings is 3. The van der Waals surface area contributed by atoms with Crippen molar-refractivity contribution in [2.75, 3.05) is 0 Å². The molecule has 2 nitrogen and oxygen atoms in total. The van der Waals surface area contributed by atoms with Gasteiger partial charge in [0.05, 0.1) is 5.56 Å². The summed E-state index contributed by atoms with van der Waals surface area (Å²) in [5.74, 6) is 0.265. The summed E-state index contributed by atoms with van der Waals surface area (Å²) in [5.41, 5.74) is 5.48. The summed E-state index contributed by atoms with van der Waals surface area (Å²) < 4.78 is 5.54. The average Bonchev–Trinajstić information content (AvgIpc) is 2.79. The summed E-state index contributed by atoms with van der Waals surface area (Å²) in [6, 6.07) is 24.2. The summed E-state index contributed by atoms with van der Waals surface area (Å²) >= 11 is 0. The second kappa shape index (κ2) is 11.3. The highest BCUT2D eigenvalue weighted by Crippen LogP contribution is 2.22. The lowest BCUT2D eigenvalue weighted by Crippen LogP contribution is -2.08. The van der Waals surface area contributed by atoms with E-state index in [2.05, 4.69) is 38.1 Å². The van der Waals surface area contributed by atoms with Crippen LogP contribution in [0.2, 0.25) is 0 Å². The minimum atomic E-state index is -0.324. The van der Waals surface area contributed by atoms with Crippen molar-refractivity contribution in [2.24, 2.45) is 0 Å². The lowest BCUT2D eigenvalue weighted by atomic mass is 10.0. The van der Waals surface area contributed by atoms with Crippen LogP contribution < -0.4 is 4.74 Å². The molecule has 3 rings (SSSR count). The van der Waals surface area contributed by atoms with Crippen molar-refractivity contribution < 1.29 is 9.53 Å². The zero-order chi connectivity index (χ0) is 21.2. The second-order valence-corrected chi connectivity index (χ2v) is 7.87. The molecular formula is C28H32O2. The van der Waals surface area contributed by atoms with E-state index in [0.717, 1.165) is 24.0 Å². The fourth-order valence-corrected chi connectivity index (χ4v) is 3.51. The standard InChI is InChI=1S/C28H32O2/c1-3-5-7-9-23-12-20-27(21-13-23)30-28(29)26-18-16-25(17-19-26)24-14-10-22(11-15-24)8-6-4-2/h10-21H,3-9H2,1-2H3. The smallest absolute Gasteiger partial charge is 0.343 e. The Morgan fingerprint density at radius 3 is 1.70 bits per heavy atom. The molecule has 0 radical (unpaired) electrons. The number of esters is 1. The fraction of sp³-hybridized carbons (Fsp3) is 0.321. The summed E-state index contributed by atoms with van der Waals surface area (Å²) in [6.45, 7) is 4.42. The molecule has 3 aromatic carbocycles. The summed E-state index contributed by atoms with van der Waals surface area (Å²) in [5, 5.41) is 0. The van der Waals surface area contributed by atoms with Crippen molar-refractivity contribution >= 4 is 5.97 Å². The highest BCUT2D eigenvalue weighted by atomic mass is 16.5. The van der Waals surface area contributed by atoms with Gasteiger partial charge < -0.3 is 4.74 Å². The first-order valence-corrected chi connectivity index (χ1v) is 11.2. The van der Waals surface area contributed by atoms with Gasteiger partial charge in [-0.15, -0.1) is 0 Å². The maximum Gasteiger partial charge on any atom is 0.343 e. The Kier molecular flexibility index (Phi) is 8.26. The van der Waals surface area contributed by atoms with E-state index in [-0.39, 0.29) is 5.97 Å². The summed E-state index contributed by atoms with van der Waals surface area (Å²) in [7, 11) is 0. The van der Waals surface area contributed by atoms with Crippen LogP contribution in [0.15, 0.2) is 72.8 Å². The van der Waals surface area contributed by atoms with Crippen molar-refractivity contribution in [3.63, 3.8) is 0 Å². The molecular weight excluding hydrogens is 368 g/mol. The van der Waals surface area contributed by atoms with Crippen molar-refractivity contribution in [2.45, 2.75) is 58.8 Å². The topological polar surface area (TPSA) is 26.3 Å². The van der Waals surface area contributed by atoms with Crippen LogP contribution in [0.1, 0.15) is 67.4 Å². The highest BCUT2D eigenvalue weighted by molar-refractivity contribution is 5.91. The van der Waals surface area contributed by atoms with Crippen LogP contribution in [-0.2, 0) is 12.8 Å². The quantitative estimate of drug-likeness (QED) is 0.198. The van der Waals surface area contributed by atoms with E-state index >= 15 is 0 Å². The normalized spacial score (nSPS) is 10.7. The predicted molar refractivity (Wildman–Crippen MR) is 125 cm³/mol. The molecule has 0 aromatic heterocycles.